The van der Waals surface area contributed by atoms with Gasteiger partial charge in [-0.25, -0.2) is 0 Å². The van der Waals surface area contributed by atoms with Crippen LogP contribution in [0.15, 0.2) is 0 Å². The van der Waals surface area contributed by atoms with Crippen molar-refractivity contribution in [2.45, 2.75) is 207 Å². The Kier molecular flexibility index (Phi) is 12.6. The first-order chi connectivity index (χ1) is 21.5. The van der Waals surface area contributed by atoms with Crippen molar-refractivity contribution in [2.24, 2.45) is 70.5 Å². The van der Waals surface area contributed by atoms with Gasteiger partial charge < -0.3 is 0 Å². The lowest BCUT2D eigenvalue weighted by Crippen LogP contribution is -2.36. The molecule has 254 valence electrons. The third kappa shape index (κ3) is 8.34. The highest BCUT2D eigenvalue weighted by atomic mass is 14.6. The van der Waals surface area contributed by atoms with Crippen LogP contribution in [0, 0.1) is 70.5 Å². The van der Waals surface area contributed by atoms with Crippen molar-refractivity contribution in [2.75, 3.05) is 0 Å². The van der Waals surface area contributed by atoms with Crippen LogP contribution in [-0.2, 0) is 0 Å². The van der Waals surface area contributed by atoms with Crippen molar-refractivity contribution in [1.29, 1.82) is 0 Å². The molecule has 7 atom stereocenters. The maximum Gasteiger partial charge on any atom is -0.0323 e. The quantitative estimate of drug-likeness (QED) is 0.207. The molecule has 0 heteroatoms. The van der Waals surface area contributed by atoms with E-state index in [9.17, 15) is 0 Å². The van der Waals surface area contributed by atoms with E-state index in [2.05, 4.69) is 20.8 Å². The zero-order valence-corrected chi connectivity index (χ0v) is 30.4. The number of hydrogen-bond donors (Lipinski definition) is 0. The molecule has 0 radical (unpaired) electrons. The van der Waals surface area contributed by atoms with Gasteiger partial charge in [-0.3, -0.25) is 0 Å². The van der Waals surface area contributed by atoms with Crippen LogP contribution in [0.25, 0.3) is 0 Å². The van der Waals surface area contributed by atoms with E-state index < -0.39 is 0 Å². The third-order valence-corrected chi connectivity index (χ3v) is 16.3. The molecule has 0 heterocycles. The minimum Gasteiger partial charge on any atom is -0.0651 e. The standard InChI is InChI=1S/C44H78/c1-4-33(34-19-9-5-10-20-34)29-41(36-23-13-7-14-24-36)43-30-37-25-17-18-28-40(37)42(43)31-38(35-21-11-6-12-22-35)32-44(2,3)39-26-15-8-16-27-39/h33-43H,4-32H2,1-3H3. The Morgan fingerprint density at radius 2 is 1.05 bits per heavy atom. The van der Waals surface area contributed by atoms with E-state index in [-0.39, 0.29) is 0 Å². The molecular weight excluding hydrogens is 528 g/mol. The Bertz CT molecular complexity index is 800. The Balaban J connectivity index is 1.27. The molecule has 0 bridgehead atoms. The van der Waals surface area contributed by atoms with Gasteiger partial charge in [0.05, 0.1) is 0 Å². The van der Waals surface area contributed by atoms with Crippen molar-refractivity contribution in [3.05, 3.63) is 0 Å². The summed E-state index contributed by atoms with van der Waals surface area (Å²) < 4.78 is 0. The van der Waals surface area contributed by atoms with Crippen molar-refractivity contribution in [3.8, 4) is 0 Å². The summed E-state index contributed by atoms with van der Waals surface area (Å²) in [5.74, 6) is 11.6. The zero-order valence-electron chi connectivity index (χ0n) is 30.4. The van der Waals surface area contributed by atoms with Crippen LogP contribution in [0.5, 0.6) is 0 Å². The van der Waals surface area contributed by atoms with Crippen molar-refractivity contribution < 1.29 is 0 Å². The number of hydrogen-bond acceptors (Lipinski definition) is 0. The Hall–Kier alpha value is 0. The summed E-state index contributed by atoms with van der Waals surface area (Å²) in [6, 6.07) is 0. The van der Waals surface area contributed by atoms with Gasteiger partial charge in [-0.15, -0.1) is 0 Å². The van der Waals surface area contributed by atoms with E-state index in [4.69, 9.17) is 0 Å². The lowest BCUT2D eigenvalue weighted by atomic mass is 9.60. The molecule has 0 aromatic carbocycles. The number of rotatable bonds is 12. The van der Waals surface area contributed by atoms with Gasteiger partial charge in [0.25, 0.3) is 0 Å². The SMILES string of the molecule is CCC(CC(C1CCCCC1)C1CC2CCCCC2C1CC(CC(C)(C)C1CCCCC1)C1CCCCC1)C1CCCCC1. The topological polar surface area (TPSA) is 0 Å². The fraction of sp³-hybridized carbons (Fsp3) is 1.00. The fourth-order valence-electron chi connectivity index (χ4n) is 13.8. The maximum absolute atomic E-state index is 2.75. The Morgan fingerprint density at radius 1 is 0.545 bits per heavy atom. The Labute approximate surface area is 276 Å². The highest BCUT2D eigenvalue weighted by Crippen LogP contribution is 2.59. The van der Waals surface area contributed by atoms with Crippen LogP contribution < -0.4 is 0 Å². The molecule has 6 rings (SSSR count). The first-order valence-electron chi connectivity index (χ1n) is 21.5. The lowest BCUT2D eigenvalue weighted by Gasteiger charge is -2.46. The van der Waals surface area contributed by atoms with Crippen molar-refractivity contribution in [3.63, 3.8) is 0 Å². The molecule has 0 nitrogen and oxygen atoms in total. The molecule has 0 aliphatic heterocycles. The molecule has 7 unspecified atom stereocenters. The van der Waals surface area contributed by atoms with Gasteiger partial charge in [-0.05, 0) is 115 Å². The van der Waals surface area contributed by atoms with Gasteiger partial charge in [0.15, 0.2) is 0 Å². The summed E-state index contributed by atoms with van der Waals surface area (Å²) in [5.41, 5.74) is 0.555. The smallest absolute Gasteiger partial charge is 0.0323 e. The summed E-state index contributed by atoms with van der Waals surface area (Å²) >= 11 is 0. The van der Waals surface area contributed by atoms with E-state index in [1.165, 1.54) is 83.5 Å². The molecule has 0 aromatic heterocycles. The predicted molar refractivity (Wildman–Crippen MR) is 192 cm³/mol. The van der Waals surface area contributed by atoms with E-state index >= 15 is 0 Å². The largest absolute Gasteiger partial charge is 0.0651 e. The van der Waals surface area contributed by atoms with Crippen molar-refractivity contribution in [1.82, 2.24) is 0 Å². The molecule has 0 aromatic rings. The molecule has 0 amide bonds. The van der Waals surface area contributed by atoms with Crippen molar-refractivity contribution >= 4 is 0 Å². The van der Waals surface area contributed by atoms with E-state index in [1.54, 1.807) is 103 Å². The van der Waals surface area contributed by atoms with E-state index in [0.717, 1.165) is 65.1 Å². The van der Waals surface area contributed by atoms with Crippen LogP contribution in [0.4, 0.5) is 0 Å². The molecule has 0 saturated heterocycles. The van der Waals surface area contributed by atoms with Crippen LogP contribution in [0.2, 0.25) is 0 Å². The second kappa shape index (κ2) is 16.4. The average Bonchev–Trinajstić information content (AvgIpc) is 3.44. The second-order valence-electron chi connectivity index (χ2n) is 19.1. The summed E-state index contributed by atoms with van der Waals surface area (Å²) in [7, 11) is 0. The summed E-state index contributed by atoms with van der Waals surface area (Å²) in [6.45, 7) is 8.08. The zero-order chi connectivity index (χ0) is 30.4. The summed E-state index contributed by atoms with van der Waals surface area (Å²) in [6.07, 6.45) is 45.1. The maximum atomic E-state index is 2.75. The van der Waals surface area contributed by atoms with Crippen LogP contribution in [-0.4, -0.2) is 0 Å². The molecule has 6 aliphatic carbocycles. The monoisotopic (exact) mass is 607 g/mol. The predicted octanol–water partition coefficient (Wildman–Crippen LogP) is 14.2. The van der Waals surface area contributed by atoms with Gasteiger partial charge in [-0.1, -0.05) is 162 Å². The molecule has 44 heavy (non-hydrogen) atoms. The van der Waals surface area contributed by atoms with Gasteiger partial charge in [0.1, 0.15) is 0 Å². The first-order valence-corrected chi connectivity index (χ1v) is 21.5. The Morgan fingerprint density at radius 3 is 1.64 bits per heavy atom. The highest BCUT2D eigenvalue weighted by molar-refractivity contribution is 5.00. The first kappa shape index (κ1) is 33.9. The van der Waals surface area contributed by atoms with Gasteiger partial charge in [0, 0.05) is 0 Å². The molecule has 6 saturated carbocycles. The molecule has 0 spiro atoms. The van der Waals surface area contributed by atoms with Gasteiger partial charge in [-0.2, -0.15) is 0 Å². The van der Waals surface area contributed by atoms with Gasteiger partial charge in [0.2, 0.25) is 0 Å². The molecule has 6 aliphatic rings. The molecule has 6 fully saturated rings. The number of fused-ring (bicyclic) bond motifs is 1. The minimum atomic E-state index is 0.555. The second-order valence-corrected chi connectivity index (χ2v) is 19.1. The van der Waals surface area contributed by atoms with E-state index in [1.807, 2.05) is 0 Å². The normalized spacial score (nSPS) is 34.4. The third-order valence-electron chi connectivity index (χ3n) is 16.3. The molecule has 0 N–H and O–H groups in total. The summed E-state index contributed by atoms with van der Waals surface area (Å²) in [5, 5.41) is 0. The lowest BCUT2D eigenvalue weighted by molar-refractivity contribution is 0.0440. The van der Waals surface area contributed by atoms with Crippen LogP contribution in [0.3, 0.4) is 0 Å². The highest BCUT2D eigenvalue weighted by Gasteiger charge is 2.50. The van der Waals surface area contributed by atoms with Crippen LogP contribution >= 0.6 is 0 Å². The van der Waals surface area contributed by atoms with Gasteiger partial charge >= 0.3 is 0 Å². The minimum absolute atomic E-state index is 0.555. The van der Waals surface area contributed by atoms with E-state index in [0.29, 0.717) is 5.41 Å². The fourth-order valence-corrected chi connectivity index (χ4v) is 13.8. The molecular formula is C44H78. The van der Waals surface area contributed by atoms with Crippen LogP contribution in [0.1, 0.15) is 207 Å². The average molecular weight is 607 g/mol. The summed E-state index contributed by atoms with van der Waals surface area (Å²) in [4.78, 5) is 0.